The second-order valence-corrected chi connectivity index (χ2v) is 8.63. The molecule has 1 aliphatic rings. The Labute approximate surface area is 178 Å². The van der Waals surface area contributed by atoms with Gasteiger partial charge in [0.2, 0.25) is 0 Å². The normalized spacial score (nSPS) is 15.8. The fourth-order valence-electron chi connectivity index (χ4n) is 3.34. The van der Waals surface area contributed by atoms with Crippen LogP contribution in [0.25, 0.3) is 9.88 Å². The van der Waals surface area contributed by atoms with Crippen LogP contribution < -0.4 is 10.1 Å². The summed E-state index contributed by atoms with van der Waals surface area (Å²) in [5.74, 6) is 0.737. The standard InChI is InChI=1S/C21H23N3O3S2/c1-26-16-6-4-15(5-7-16)17(24-8-10-27-11-9-24)13-22-20(25)19-14-23-21(29-19)18-3-2-12-28-18/h2-7,12,14,17H,8-11,13H2,1H3,(H,22,25). The molecule has 4 rings (SSSR count). The highest BCUT2D eigenvalue weighted by Gasteiger charge is 2.24. The molecule has 152 valence electrons. The van der Waals surface area contributed by atoms with Crippen LogP contribution in [0, 0.1) is 0 Å². The number of hydrogen-bond acceptors (Lipinski definition) is 7. The van der Waals surface area contributed by atoms with Gasteiger partial charge in [0, 0.05) is 19.6 Å². The molecule has 2 aromatic heterocycles. The van der Waals surface area contributed by atoms with E-state index in [1.807, 2.05) is 29.6 Å². The Hall–Kier alpha value is -2.26. The number of aromatic nitrogens is 1. The molecular weight excluding hydrogens is 406 g/mol. The van der Waals surface area contributed by atoms with Gasteiger partial charge in [0.05, 0.1) is 37.4 Å². The minimum atomic E-state index is -0.0860. The zero-order valence-electron chi connectivity index (χ0n) is 16.2. The third kappa shape index (κ3) is 4.84. The molecule has 1 aromatic carbocycles. The Bertz CT molecular complexity index is 919. The Balaban J connectivity index is 1.46. The first-order chi connectivity index (χ1) is 14.2. The number of carbonyl (C=O) groups is 1. The number of benzene rings is 1. The molecule has 1 unspecified atom stereocenters. The third-order valence-corrected chi connectivity index (χ3v) is 6.94. The zero-order valence-corrected chi connectivity index (χ0v) is 17.8. The van der Waals surface area contributed by atoms with Gasteiger partial charge in [-0.2, -0.15) is 0 Å². The molecule has 0 spiro atoms. The fraction of sp³-hybridized carbons (Fsp3) is 0.333. The molecule has 1 N–H and O–H groups in total. The lowest BCUT2D eigenvalue weighted by molar-refractivity contribution is 0.0162. The molecule has 1 amide bonds. The van der Waals surface area contributed by atoms with E-state index < -0.39 is 0 Å². The van der Waals surface area contributed by atoms with Crippen LogP contribution in [-0.2, 0) is 4.74 Å². The van der Waals surface area contributed by atoms with Crippen molar-refractivity contribution in [3.63, 3.8) is 0 Å². The van der Waals surface area contributed by atoms with Gasteiger partial charge in [0.25, 0.3) is 5.91 Å². The average Bonchev–Trinajstić information content (AvgIpc) is 3.47. The van der Waals surface area contributed by atoms with Crippen LogP contribution in [0.2, 0.25) is 0 Å². The molecule has 1 saturated heterocycles. The van der Waals surface area contributed by atoms with Gasteiger partial charge in [0.1, 0.15) is 15.6 Å². The summed E-state index contributed by atoms with van der Waals surface area (Å²) in [6.07, 6.45) is 1.66. The van der Waals surface area contributed by atoms with Crippen LogP contribution in [0.4, 0.5) is 0 Å². The summed E-state index contributed by atoms with van der Waals surface area (Å²) in [6, 6.07) is 12.1. The van der Waals surface area contributed by atoms with Crippen molar-refractivity contribution in [2.75, 3.05) is 40.0 Å². The molecule has 29 heavy (non-hydrogen) atoms. The van der Waals surface area contributed by atoms with Crippen molar-refractivity contribution in [1.82, 2.24) is 15.2 Å². The van der Waals surface area contributed by atoms with Gasteiger partial charge >= 0.3 is 0 Å². The van der Waals surface area contributed by atoms with E-state index in [1.54, 1.807) is 24.6 Å². The van der Waals surface area contributed by atoms with E-state index >= 15 is 0 Å². The number of amides is 1. The summed E-state index contributed by atoms with van der Waals surface area (Å²) in [4.78, 5) is 21.2. The second kappa shape index (κ2) is 9.49. The molecule has 0 saturated carbocycles. The molecule has 0 aliphatic carbocycles. The van der Waals surface area contributed by atoms with Crippen molar-refractivity contribution in [2.24, 2.45) is 0 Å². The summed E-state index contributed by atoms with van der Waals surface area (Å²) in [5.41, 5.74) is 1.15. The number of thiophene rings is 1. The first-order valence-corrected chi connectivity index (χ1v) is 11.2. The van der Waals surface area contributed by atoms with Crippen molar-refractivity contribution in [2.45, 2.75) is 6.04 Å². The van der Waals surface area contributed by atoms with Crippen molar-refractivity contribution in [3.05, 3.63) is 58.4 Å². The van der Waals surface area contributed by atoms with Crippen LogP contribution in [0.1, 0.15) is 21.3 Å². The summed E-state index contributed by atoms with van der Waals surface area (Å²) in [7, 11) is 1.66. The Morgan fingerprint density at radius 1 is 1.28 bits per heavy atom. The number of hydrogen-bond donors (Lipinski definition) is 1. The quantitative estimate of drug-likeness (QED) is 0.621. The van der Waals surface area contributed by atoms with Gasteiger partial charge in [-0.05, 0) is 29.1 Å². The molecule has 6 nitrogen and oxygen atoms in total. The molecule has 0 radical (unpaired) electrons. The Morgan fingerprint density at radius 3 is 2.76 bits per heavy atom. The maximum absolute atomic E-state index is 12.7. The van der Waals surface area contributed by atoms with Crippen molar-refractivity contribution < 1.29 is 14.3 Å². The van der Waals surface area contributed by atoms with E-state index in [2.05, 4.69) is 27.3 Å². The van der Waals surface area contributed by atoms with E-state index in [0.717, 1.165) is 34.3 Å². The summed E-state index contributed by atoms with van der Waals surface area (Å²) in [5, 5.41) is 6.00. The van der Waals surface area contributed by atoms with Crippen LogP contribution in [0.5, 0.6) is 5.75 Å². The van der Waals surface area contributed by atoms with E-state index in [-0.39, 0.29) is 11.9 Å². The van der Waals surface area contributed by atoms with Gasteiger partial charge in [-0.1, -0.05) is 18.2 Å². The van der Waals surface area contributed by atoms with Crippen molar-refractivity contribution in [1.29, 1.82) is 0 Å². The lowest BCUT2D eigenvalue weighted by atomic mass is 10.0. The minimum Gasteiger partial charge on any atom is -0.497 e. The number of thiazole rings is 1. The summed E-state index contributed by atoms with van der Waals surface area (Å²) < 4.78 is 10.8. The zero-order chi connectivity index (χ0) is 20.1. The molecule has 1 fully saturated rings. The lowest BCUT2D eigenvalue weighted by Gasteiger charge is -2.35. The molecule has 3 aromatic rings. The second-order valence-electron chi connectivity index (χ2n) is 6.65. The van der Waals surface area contributed by atoms with E-state index in [0.29, 0.717) is 24.6 Å². The van der Waals surface area contributed by atoms with Gasteiger partial charge < -0.3 is 14.8 Å². The number of nitrogens with zero attached hydrogens (tertiary/aromatic N) is 2. The maximum Gasteiger partial charge on any atom is 0.263 e. The number of morpholine rings is 1. The molecule has 1 aliphatic heterocycles. The largest absolute Gasteiger partial charge is 0.497 e. The molecule has 8 heteroatoms. The topological polar surface area (TPSA) is 63.7 Å². The minimum absolute atomic E-state index is 0.0819. The third-order valence-electron chi connectivity index (χ3n) is 4.90. The van der Waals surface area contributed by atoms with Gasteiger partial charge in [-0.15, -0.1) is 22.7 Å². The van der Waals surface area contributed by atoms with E-state index in [1.165, 1.54) is 11.3 Å². The fourth-order valence-corrected chi connectivity index (χ4v) is 4.98. The number of carbonyl (C=O) groups excluding carboxylic acids is 1. The van der Waals surface area contributed by atoms with Gasteiger partial charge in [-0.3, -0.25) is 9.69 Å². The highest BCUT2D eigenvalue weighted by molar-refractivity contribution is 7.21. The first kappa shape index (κ1) is 20.0. The predicted octanol–water partition coefficient (Wildman–Crippen LogP) is 3.68. The van der Waals surface area contributed by atoms with Gasteiger partial charge in [0.15, 0.2) is 0 Å². The number of ether oxygens (including phenoxy) is 2. The molecule has 1 atom stereocenters. The summed E-state index contributed by atoms with van der Waals surface area (Å²) in [6.45, 7) is 3.63. The number of rotatable bonds is 7. The monoisotopic (exact) mass is 429 g/mol. The van der Waals surface area contributed by atoms with E-state index in [4.69, 9.17) is 9.47 Å². The molecule has 3 heterocycles. The highest BCUT2D eigenvalue weighted by Crippen LogP contribution is 2.29. The van der Waals surface area contributed by atoms with Crippen molar-refractivity contribution >= 4 is 28.6 Å². The van der Waals surface area contributed by atoms with Crippen LogP contribution in [-0.4, -0.2) is 55.7 Å². The number of nitrogens with one attached hydrogen (secondary N) is 1. The lowest BCUT2D eigenvalue weighted by Crippen LogP contribution is -2.43. The van der Waals surface area contributed by atoms with E-state index in [9.17, 15) is 4.79 Å². The predicted molar refractivity (Wildman–Crippen MR) is 116 cm³/mol. The average molecular weight is 430 g/mol. The van der Waals surface area contributed by atoms with Crippen LogP contribution in [0.15, 0.2) is 48.0 Å². The first-order valence-electron chi connectivity index (χ1n) is 9.48. The maximum atomic E-state index is 12.7. The SMILES string of the molecule is COc1ccc(C(CNC(=O)c2cnc(-c3cccs3)s2)N2CCOCC2)cc1. The van der Waals surface area contributed by atoms with Crippen LogP contribution in [0.3, 0.4) is 0 Å². The smallest absolute Gasteiger partial charge is 0.263 e. The number of methoxy groups -OCH3 is 1. The molecule has 0 bridgehead atoms. The van der Waals surface area contributed by atoms with Crippen molar-refractivity contribution in [3.8, 4) is 15.6 Å². The molecular formula is C21H23N3O3S2. The highest BCUT2D eigenvalue weighted by atomic mass is 32.1. The van der Waals surface area contributed by atoms with Gasteiger partial charge in [-0.25, -0.2) is 4.98 Å². The Kier molecular flexibility index (Phi) is 6.56. The Morgan fingerprint density at radius 2 is 2.07 bits per heavy atom. The summed E-state index contributed by atoms with van der Waals surface area (Å²) >= 11 is 3.05. The van der Waals surface area contributed by atoms with Crippen LogP contribution >= 0.6 is 22.7 Å².